The van der Waals surface area contributed by atoms with Crippen molar-refractivity contribution in [2.45, 2.75) is 30.3 Å². The number of anilines is 1. The van der Waals surface area contributed by atoms with Crippen molar-refractivity contribution in [3.05, 3.63) is 56.6 Å². The van der Waals surface area contributed by atoms with E-state index < -0.39 is 41.6 Å². The average molecular weight is 450 g/mol. The van der Waals surface area contributed by atoms with E-state index >= 15 is 0 Å². The number of hydrogen-bond donors (Lipinski definition) is 4. The number of nitro benzene ring substituents is 1. The van der Waals surface area contributed by atoms with Crippen molar-refractivity contribution >= 4 is 34.7 Å². The molecule has 31 heavy (non-hydrogen) atoms. The molecule has 1 fully saturated rings. The number of aliphatic hydroxyl groups is 3. The van der Waals surface area contributed by atoms with E-state index in [-0.39, 0.29) is 22.8 Å². The van der Waals surface area contributed by atoms with Gasteiger partial charge in [0.25, 0.3) is 11.2 Å². The molecule has 14 heteroatoms. The van der Waals surface area contributed by atoms with Crippen LogP contribution >= 0.6 is 11.9 Å². The Kier molecular flexibility index (Phi) is 5.63. The molecule has 5 N–H and O–H groups in total. The van der Waals surface area contributed by atoms with Crippen LogP contribution in [0.15, 0.2) is 35.4 Å². The predicted molar refractivity (Wildman–Crippen MR) is 109 cm³/mol. The molecule has 1 aromatic carbocycles. The third-order valence-corrected chi connectivity index (χ3v) is 5.96. The van der Waals surface area contributed by atoms with Gasteiger partial charge in [-0.3, -0.25) is 19.5 Å². The summed E-state index contributed by atoms with van der Waals surface area (Å²) in [4.78, 5) is 31.4. The van der Waals surface area contributed by atoms with Crippen molar-refractivity contribution in [2.75, 3.05) is 12.3 Å². The second-order valence-corrected chi connectivity index (χ2v) is 7.73. The van der Waals surface area contributed by atoms with Crippen molar-refractivity contribution in [3.8, 4) is 0 Å². The first kappa shape index (κ1) is 21.2. The molecular formula is C17H18N6O7S. The first-order valence-electron chi connectivity index (χ1n) is 9.06. The van der Waals surface area contributed by atoms with E-state index in [9.17, 15) is 30.2 Å². The smallest absolute Gasteiger partial charge is 0.293 e. The summed E-state index contributed by atoms with van der Waals surface area (Å²) in [6.07, 6.45) is -3.54. The van der Waals surface area contributed by atoms with Gasteiger partial charge in [-0.25, -0.2) is 8.96 Å². The normalized spacial score (nSPS) is 23.5. The van der Waals surface area contributed by atoms with E-state index in [2.05, 4.69) is 9.97 Å². The second kappa shape index (κ2) is 8.24. The van der Waals surface area contributed by atoms with Gasteiger partial charge < -0.3 is 25.8 Å². The fourth-order valence-corrected chi connectivity index (χ4v) is 4.09. The van der Waals surface area contributed by atoms with Crippen LogP contribution in [0.4, 0.5) is 11.6 Å². The fraction of sp³-hybridized carbons (Fsp3) is 0.353. The van der Waals surface area contributed by atoms with Crippen LogP contribution in [0.25, 0.3) is 11.2 Å². The Labute approximate surface area is 178 Å². The molecule has 4 rings (SSSR count). The molecule has 4 atom stereocenters. The number of rotatable bonds is 6. The number of aliphatic hydroxyl groups excluding tert-OH is 3. The fourth-order valence-electron chi connectivity index (χ4n) is 3.24. The van der Waals surface area contributed by atoms with Gasteiger partial charge in [-0.1, -0.05) is 12.1 Å². The first-order valence-corrected chi connectivity index (χ1v) is 10.00. The molecule has 0 spiro atoms. The van der Waals surface area contributed by atoms with Crippen LogP contribution in [0, 0.1) is 10.1 Å². The molecule has 0 aliphatic carbocycles. The number of nitro groups is 1. The zero-order chi connectivity index (χ0) is 22.3. The number of non-ortho nitro benzene ring substituents is 1. The van der Waals surface area contributed by atoms with Gasteiger partial charge in [0.1, 0.15) is 18.3 Å². The molecule has 1 saturated heterocycles. The lowest BCUT2D eigenvalue weighted by Gasteiger charge is -2.17. The third-order valence-electron chi connectivity index (χ3n) is 4.88. The molecule has 13 nitrogen and oxygen atoms in total. The predicted octanol–water partition coefficient (Wildman–Crippen LogP) is -0.609. The molecule has 1 aliphatic heterocycles. The standard InChI is InChI=1S/C17H18N6O7S/c18-17-20-14-11(19-7-21(14)16-13(26)12(25)10(5-24)30-16)15(27)22(17)31-6-8-1-3-9(4-2-8)23(28)29/h1-4,7,10,12-13,16,24-26H,5-6H2,(H2,18,20)/t10-,12-,13-,16-/m1/s1. The van der Waals surface area contributed by atoms with Crippen LogP contribution in [0.3, 0.4) is 0 Å². The molecule has 164 valence electrons. The van der Waals surface area contributed by atoms with Crippen LogP contribution in [-0.2, 0) is 10.5 Å². The minimum atomic E-state index is -1.36. The van der Waals surface area contributed by atoms with Gasteiger partial charge in [-0.05, 0) is 17.5 Å². The number of fused-ring (bicyclic) bond motifs is 1. The van der Waals surface area contributed by atoms with Crippen LogP contribution in [0.2, 0.25) is 0 Å². The van der Waals surface area contributed by atoms with Gasteiger partial charge in [0.05, 0.1) is 17.9 Å². The Morgan fingerprint density at radius 2 is 1.97 bits per heavy atom. The highest BCUT2D eigenvalue weighted by Crippen LogP contribution is 2.31. The molecule has 0 amide bonds. The topological polar surface area (TPSA) is 192 Å². The second-order valence-electron chi connectivity index (χ2n) is 6.82. The zero-order valence-electron chi connectivity index (χ0n) is 15.8. The Bertz CT molecular complexity index is 1180. The van der Waals surface area contributed by atoms with Crippen LogP contribution in [0.1, 0.15) is 11.8 Å². The largest absolute Gasteiger partial charge is 0.394 e. The van der Waals surface area contributed by atoms with E-state index in [1.165, 1.54) is 23.0 Å². The number of imidazole rings is 1. The number of ether oxygens (including phenoxy) is 1. The van der Waals surface area contributed by atoms with Crippen LogP contribution in [-0.4, -0.2) is 63.7 Å². The lowest BCUT2D eigenvalue weighted by atomic mass is 10.1. The Hall–Kier alpha value is -3.04. The first-order chi connectivity index (χ1) is 14.8. The van der Waals surface area contributed by atoms with Crippen LogP contribution < -0.4 is 11.3 Å². The van der Waals surface area contributed by atoms with Crippen molar-refractivity contribution < 1.29 is 25.0 Å². The van der Waals surface area contributed by atoms with Crippen molar-refractivity contribution in [1.29, 1.82) is 0 Å². The summed E-state index contributed by atoms with van der Waals surface area (Å²) in [6, 6.07) is 5.89. The molecule has 0 radical (unpaired) electrons. The van der Waals surface area contributed by atoms with Crippen molar-refractivity contribution in [1.82, 2.24) is 18.5 Å². The lowest BCUT2D eigenvalue weighted by molar-refractivity contribution is -0.384. The minimum absolute atomic E-state index is 0.0249. The average Bonchev–Trinajstić information content (AvgIpc) is 3.29. The van der Waals surface area contributed by atoms with E-state index in [1.807, 2.05) is 0 Å². The highest BCUT2D eigenvalue weighted by molar-refractivity contribution is 7.97. The number of nitrogens with two attached hydrogens (primary N) is 1. The highest BCUT2D eigenvalue weighted by atomic mass is 32.2. The zero-order valence-corrected chi connectivity index (χ0v) is 16.6. The van der Waals surface area contributed by atoms with Gasteiger partial charge in [0.15, 0.2) is 17.4 Å². The Morgan fingerprint density at radius 3 is 2.58 bits per heavy atom. The van der Waals surface area contributed by atoms with Gasteiger partial charge >= 0.3 is 0 Å². The van der Waals surface area contributed by atoms with E-state index in [1.54, 1.807) is 12.1 Å². The third kappa shape index (κ3) is 3.75. The maximum absolute atomic E-state index is 12.9. The molecule has 2 aromatic heterocycles. The Morgan fingerprint density at radius 1 is 1.26 bits per heavy atom. The van der Waals surface area contributed by atoms with Gasteiger partial charge in [0.2, 0.25) is 5.95 Å². The summed E-state index contributed by atoms with van der Waals surface area (Å²) in [7, 11) is 0. The SMILES string of the molecule is Nc1nc2c(ncn2[C@@H]2O[C@H](CO)[C@@H](O)[C@H]2O)c(=O)n1SCc1ccc([N+](=O)[O-])cc1. The minimum Gasteiger partial charge on any atom is -0.394 e. The molecule has 3 aromatic rings. The molecule has 1 aliphatic rings. The quantitative estimate of drug-likeness (QED) is 0.277. The number of nitrogen functional groups attached to an aromatic ring is 1. The van der Waals surface area contributed by atoms with E-state index in [0.29, 0.717) is 5.75 Å². The van der Waals surface area contributed by atoms with E-state index in [4.69, 9.17) is 10.5 Å². The maximum atomic E-state index is 12.9. The Balaban J connectivity index is 1.61. The monoisotopic (exact) mass is 450 g/mol. The molecule has 0 bridgehead atoms. The molecule has 0 saturated carbocycles. The number of nitrogens with zero attached hydrogens (tertiary/aromatic N) is 5. The maximum Gasteiger partial charge on any atom is 0.293 e. The van der Waals surface area contributed by atoms with Gasteiger partial charge in [-0.2, -0.15) is 4.98 Å². The summed E-state index contributed by atoms with van der Waals surface area (Å²) in [5, 5.41) is 40.2. The summed E-state index contributed by atoms with van der Waals surface area (Å²) >= 11 is 1.05. The summed E-state index contributed by atoms with van der Waals surface area (Å²) < 4.78 is 7.89. The molecule has 3 heterocycles. The van der Waals surface area contributed by atoms with Gasteiger partial charge in [-0.15, -0.1) is 0 Å². The number of benzene rings is 1. The lowest BCUT2D eigenvalue weighted by Crippen LogP contribution is -2.33. The van der Waals surface area contributed by atoms with Crippen molar-refractivity contribution in [3.63, 3.8) is 0 Å². The highest BCUT2D eigenvalue weighted by Gasteiger charge is 2.44. The summed E-state index contributed by atoms with van der Waals surface area (Å²) in [5.41, 5.74) is 6.16. The van der Waals surface area contributed by atoms with Gasteiger partial charge in [0, 0.05) is 17.9 Å². The summed E-state index contributed by atoms with van der Waals surface area (Å²) in [6.45, 7) is -0.497. The number of hydrogen-bond acceptors (Lipinski definition) is 11. The van der Waals surface area contributed by atoms with Crippen LogP contribution in [0.5, 0.6) is 0 Å². The van der Waals surface area contributed by atoms with Crippen molar-refractivity contribution in [2.24, 2.45) is 0 Å². The molecular weight excluding hydrogens is 432 g/mol. The van der Waals surface area contributed by atoms with E-state index in [0.717, 1.165) is 21.5 Å². The summed E-state index contributed by atoms with van der Waals surface area (Å²) in [5.74, 6) is 0.170. The number of aromatic nitrogens is 4. The molecule has 0 unspecified atom stereocenters.